The maximum atomic E-state index is 12.4. The summed E-state index contributed by atoms with van der Waals surface area (Å²) in [5.74, 6) is 1.53. The molecular formula is C15H17Cl2NO. The predicted molar refractivity (Wildman–Crippen MR) is 78.0 cm³/mol. The summed E-state index contributed by atoms with van der Waals surface area (Å²) < 4.78 is 0. The number of nitrogens with one attached hydrogen (secondary N) is 1. The molecule has 1 saturated heterocycles. The minimum absolute atomic E-state index is 0.0950. The molecule has 2 nitrogen and oxygen atoms in total. The van der Waals surface area contributed by atoms with Gasteiger partial charge in [0.25, 0.3) is 0 Å². The minimum Gasteiger partial charge on any atom is -0.313 e. The Morgan fingerprint density at radius 2 is 2.16 bits per heavy atom. The summed E-state index contributed by atoms with van der Waals surface area (Å²) in [6, 6.07) is 5.39. The average molecular weight is 298 g/mol. The summed E-state index contributed by atoms with van der Waals surface area (Å²) in [5, 5.41) is 4.55. The zero-order valence-corrected chi connectivity index (χ0v) is 12.2. The molecule has 1 aromatic rings. The molecule has 0 aromatic heterocycles. The fourth-order valence-electron chi connectivity index (χ4n) is 3.55. The maximum Gasteiger partial charge on any atom is 0.165 e. The Kier molecular flexibility index (Phi) is 3.84. The first-order valence-corrected chi connectivity index (χ1v) is 7.62. The van der Waals surface area contributed by atoms with Gasteiger partial charge in [-0.1, -0.05) is 29.6 Å². The topological polar surface area (TPSA) is 29.1 Å². The molecule has 1 saturated carbocycles. The van der Waals surface area contributed by atoms with Crippen molar-refractivity contribution in [3.05, 3.63) is 33.8 Å². The molecule has 1 heterocycles. The van der Waals surface area contributed by atoms with Crippen LogP contribution in [0.4, 0.5) is 0 Å². The monoisotopic (exact) mass is 297 g/mol. The third kappa shape index (κ3) is 2.67. The first-order chi connectivity index (χ1) is 9.15. The van der Waals surface area contributed by atoms with Gasteiger partial charge in [-0.3, -0.25) is 4.79 Å². The van der Waals surface area contributed by atoms with Crippen molar-refractivity contribution < 1.29 is 4.79 Å². The third-order valence-electron chi connectivity index (χ3n) is 4.51. The minimum atomic E-state index is 0.0950. The van der Waals surface area contributed by atoms with Crippen molar-refractivity contribution in [3.63, 3.8) is 0 Å². The molecule has 3 rings (SSSR count). The Bertz CT molecular complexity index is 503. The number of rotatable bonds is 3. The molecule has 1 aromatic carbocycles. The summed E-state index contributed by atoms with van der Waals surface area (Å²) in [4.78, 5) is 12.4. The van der Waals surface area contributed by atoms with E-state index in [-0.39, 0.29) is 5.78 Å². The summed E-state index contributed by atoms with van der Waals surface area (Å²) in [7, 11) is 0. The summed E-state index contributed by atoms with van der Waals surface area (Å²) in [6.07, 6.45) is 4.39. The van der Waals surface area contributed by atoms with Crippen molar-refractivity contribution >= 4 is 29.0 Å². The van der Waals surface area contributed by atoms with E-state index in [9.17, 15) is 4.79 Å². The van der Waals surface area contributed by atoms with E-state index in [1.165, 1.54) is 19.3 Å². The summed E-state index contributed by atoms with van der Waals surface area (Å²) in [5.41, 5.74) is 0.553. The summed E-state index contributed by atoms with van der Waals surface area (Å²) >= 11 is 12.0. The number of carbonyl (C=O) groups excluding carboxylic acids is 1. The van der Waals surface area contributed by atoms with Crippen molar-refractivity contribution in [1.29, 1.82) is 0 Å². The Morgan fingerprint density at radius 1 is 1.32 bits per heavy atom. The van der Waals surface area contributed by atoms with Gasteiger partial charge in [0.15, 0.2) is 5.78 Å². The van der Waals surface area contributed by atoms with Gasteiger partial charge < -0.3 is 5.32 Å². The number of hydrogen-bond donors (Lipinski definition) is 1. The molecule has 19 heavy (non-hydrogen) atoms. The molecule has 0 spiro atoms. The van der Waals surface area contributed by atoms with Gasteiger partial charge in [-0.15, -0.1) is 0 Å². The lowest BCUT2D eigenvalue weighted by Gasteiger charge is -2.17. The molecule has 1 aliphatic carbocycles. The Balaban J connectivity index is 1.73. The van der Waals surface area contributed by atoms with Gasteiger partial charge in [0.2, 0.25) is 0 Å². The van der Waals surface area contributed by atoms with Crippen LogP contribution in [0.15, 0.2) is 18.2 Å². The highest BCUT2D eigenvalue weighted by Crippen LogP contribution is 2.39. The number of Topliss-reactive ketones (excluding diaryl/α,β-unsaturated/α-hetero) is 1. The second-order valence-corrected chi connectivity index (χ2v) is 6.46. The molecule has 2 aliphatic rings. The van der Waals surface area contributed by atoms with Gasteiger partial charge in [-0.05, 0) is 49.4 Å². The number of benzene rings is 1. The molecule has 0 bridgehead atoms. The van der Waals surface area contributed by atoms with Crippen LogP contribution in [0, 0.1) is 11.8 Å². The molecule has 3 atom stereocenters. The third-order valence-corrected chi connectivity index (χ3v) is 5.08. The second-order valence-electron chi connectivity index (χ2n) is 5.62. The van der Waals surface area contributed by atoms with Crippen molar-refractivity contribution in [2.45, 2.75) is 31.7 Å². The molecule has 2 fully saturated rings. The van der Waals surface area contributed by atoms with E-state index in [4.69, 9.17) is 23.2 Å². The van der Waals surface area contributed by atoms with Crippen LogP contribution in [0.1, 0.15) is 36.0 Å². The van der Waals surface area contributed by atoms with E-state index < -0.39 is 0 Å². The number of ketones is 1. The van der Waals surface area contributed by atoms with Gasteiger partial charge in [-0.2, -0.15) is 0 Å². The molecular weight excluding hydrogens is 281 g/mol. The Labute approximate surface area is 123 Å². The number of carbonyl (C=O) groups is 1. The van der Waals surface area contributed by atoms with Crippen LogP contribution in [0.3, 0.4) is 0 Å². The van der Waals surface area contributed by atoms with Crippen LogP contribution >= 0.6 is 23.2 Å². The predicted octanol–water partition coefficient (Wildman–Crippen LogP) is 3.95. The van der Waals surface area contributed by atoms with E-state index in [0.29, 0.717) is 34.0 Å². The maximum absolute atomic E-state index is 12.4. The molecule has 4 heteroatoms. The fourth-order valence-corrected chi connectivity index (χ4v) is 3.94. The van der Waals surface area contributed by atoms with Gasteiger partial charge >= 0.3 is 0 Å². The average Bonchev–Trinajstić information content (AvgIpc) is 2.97. The lowest BCUT2D eigenvalue weighted by Crippen LogP contribution is -2.29. The first-order valence-electron chi connectivity index (χ1n) is 6.87. The largest absolute Gasteiger partial charge is 0.313 e. The second kappa shape index (κ2) is 5.43. The van der Waals surface area contributed by atoms with Crippen LogP contribution in [0.5, 0.6) is 0 Å². The number of hydrogen-bond acceptors (Lipinski definition) is 2. The Hall–Kier alpha value is -0.570. The van der Waals surface area contributed by atoms with E-state index in [2.05, 4.69) is 5.32 Å². The van der Waals surface area contributed by atoms with E-state index >= 15 is 0 Å². The zero-order chi connectivity index (χ0) is 13.4. The molecule has 3 unspecified atom stereocenters. The summed E-state index contributed by atoms with van der Waals surface area (Å²) in [6.45, 7) is 1.06. The van der Waals surface area contributed by atoms with Gasteiger partial charge in [0.1, 0.15) is 0 Å². The lowest BCUT2D eigenvalue weighted by atomic mass is 9.90. The highest BCUT2D eigenvalue weighted by Gasteiger charge is 2.39. The van der Waals surface area contributed by atoms with Crippen molar-refractivity contribution in [2.24, 2.45) is 11.8 Å². The normalized spacial score (nSPS) is 29.5. The van der Waals surface area contributed by atoms with Crippen LogP contribution in [-0.2, 0) is 0 Å². The SMILES string of the molecule is O=C(CC1NCC2CCCC21)c1cc(Cl)ccc1Cl. The van der Waals surface area contributed by atoms with Crippen LogP contribution in [0.2, 0.25) is 10.0 Å². The highest BCUT2D eigenvalue weighted by atomic mass is 35.5. The Morgan fingerprint density at radius 3 is 3.00 bits per heavy atom. The fraction of sp³-hybridized carbons (Fsp3) is 0.533. The molecule has 1 N–H and O–H groups in total. The van der Waals surface area contributed by atoms with Crippen molar-refractivity contribution in [2.75, 3.05) is 6.54 Å². The van der Waals surface area contributed by atoms with Crippen LogP contribution in [0.25, 0.3) is 0 Å². The molecule has 1 aliphatic heterocycles. The number of fused-ring (bicyclic) bond motifs is 1. The van der Waals surface area contributed by atoms with Gasteiger partial charge in [0.05, 0.1) is 5.02 Å². The number of halogens is 2. The standard InChI is InChI=1S/C15H17Cl2NO/c16-10-4-5-13(17)12(6-10)15(19)7-14-11-3-1-2-9(11)8-18-14/h4-6,9,11,14,18H,1-3,7-8H2. The quantitative estimate of drug-likeness (QED) is 0.856. The first kappa shape index (κ1) is 13.4. The van der Waals surface area contributed by atoms with E-state index in [0.717, 1.165) is 12.5 Å². The van der Waals surface area contributed by atoms with Gasteiger partial charge in [-0.25, -0.2) is 0 Å². The smallest absolute Gasteiger partial charge is 0.165 e. The molecule has 0 amide bonds. The van der Waals surface area contributed by atoms with Gasteiger partial charge in [0, 0.05) is 23.0 Å². The van der Waals surface area contributed by atoms with Crippen LogP contribution < -0.4 is 5.32 Å². The lowest BCUT2D eigenvalue weighted by molar-refractivity contribution is 0.0963. The van der Waals surface area contributed by atoms with Crippen molar-refractivity contribution in [1.82, 2.24) is 5.32 Å². The zero-order valence-electron chi connectivity index (χ0n) is 10.7. The van der Waals surface area contributed by atoms with Crippen LogP contribution in [-0.4, -0.2) is 18.4 Å². The molecule has 102 valence electrons. The van der Waals surface area contributed by atoms with Crippen molar-refractivity contribution in [3.8, 4) is 0 Å². The van der Waals surface area contributed by atoms with E-state index in [1.54, 1.807) is 18.2 Å². The molecule has 0 radical (unpaired) electrons. The highest BCUT2D eigenvalue weighted by molar-refractivity contribution is 6.35. The van der Waals surface area contributed by atoms with E-state index in [1.807, 2.05) is 0 Å².